The molecule has 2 aromatic heterocycles. The quantitative estimate of drug-likeness (QED) is 0.686. The molecule has 1 aromatic carbocycles. The Bertz CT molecular complexity index is 966. The summed E-state index contributed by atoms with van der Waals surface area (Å²) in [6.07, 6.45) is 8.31. The second kappa shape index (κ2) is 6.73. The number of pyridine rings is 2. The van der Waals surface area contributed by atoms with E-state index in [1.807, 2.05) is 42.5 Å². The lowest BCUT2D eigenvalue weighted by molar-refractivity contribution is 0.0946. The van der Waals surface area contributed by atoms with Gasteiger partial charge in [0.15, 0.2) is 0 Å². The van der Waals surface area contributed by atoms with Gasteiger partial charge in [0.05, 0.1) is 12.1 Å². The zero-order valence-electron chi connectivity index (χ0n) is 13.6. The average Bonchev–Trinajstić information content (AvgIpc) is 2.66. The van der Waals surface area contributed by atoms with Crippen LogP contribution >= 0.6 is 0 Å². The molecule has 0 unspecified atom stereocenters. The van der Waals surface area contributed by atoms with E-state index in [1.54, 1.807) is 18.5 Å². The van der Waals surface area contributed by atoms with E-state index in [9.17, 15) is 4.79 Å². The van der Waals surface area contributed by atoms with Crippen LogP contribution in [0, 0.1) is 0 Å². The highest BCUT2D eigenvalue weighted by Gasteiger charge is 2.11. The van der Waals surface area contributed by atoms with Crippen LogP contribution < -0.4 is 10.1 Å². The number of aromatic nitrogens is 2. The van der Waals surface area contributed by atoms with Gasteiger partial charge in [0, 0.05) is 35.5 Å². The summed E-state index contributed by atoms with van der Waals surface area (Å²) in [6, 6.07) is 11.3. The van der Waals surface area contributed by atoms with Crippen molar-refractivity contribution < 1.29 is 9.53 Å². The smallest absolute Gasteiger partial charge is 0.270 e. The lowest BCUT2D eigenvalue weighted by Gasteiger charge is -2.12. The Morgan fingerprint density at radius 2 is 2.00 bits per heavy atom. The van der Waals surface area contributed by atoms with Crippen molar-refractivity contribution in [2.75, 3.05) is 6.61 Å². The number of ether oxygens (including phenoxy) is 1. The number of carbonyl (C=O) groups excluding carboxylic acids is 1. The van der Waals surface area contributed by atoms with E-state index in [4.69, 9.17) is 4.74 Å². The molecule has 0 saturated carbocycles. The number of fused-ring (bicyclic) bond motifs is 2. The van der Waals surface area contributed by atoms with Crippen LogP contribution in [0.25, 0.3) is 17.0 Å². The van der Waals surface area contributed by atoms with Gasteiger partial charge >= 0.3 is 0 Å². The molecule has 2 bridgehead atoms. The highest BCUT2D eigenvalue weighted by molar-refractivity contribution is 5.96. The monoisotopic (exact) mass is 331 g/mol. The molecule has 0 saturated heterocycles. The minimum atomic E-state index is -0.208. The number of rotatable bonds is 0. The van der Waals surface area contributed by atoms with Crippen LogP contribution in [-0.2, 0) is 6.54 Å². The number of amides is 1. The molecule has 5 nitrogen and oxygen atoms in total. The van der Waals surface area contributed by atoms with Crippen LogP contribution in [0.3, 0.4) is 0 Å². The Morgan fingerprint density at radius 3 is 2.96 bits per heavy atom. The second-order valence-corrected chi connectivity index (χ2v) is 5.83. The summed E-state index contributed by atoms with van der Waals surface area (Å²) in [5.74, 6) is 0.583. The Morgan fingerprint density at radius 1 is 1.08 bits per heavy atom. The molecule has 0 spiro atoms. The Kier molecular flexibility index (Phi) is 4.12. The molecule has 3 heterocycles. The fourth-order valence-corrected chi connectivity index (χ4v) is 2.82. The number of hydrogen-bond acceptors (Lipinski definition) is 4. The van der Waals surface area contributed by atoms with E-state index in [-0.39, 0.29) is 5.91 Å². The van der Waals surface area contributed by atoms with Crippen LogP contribution in [0.5, 0.6) is 5.75 Å². The summed E-state index contributed by atoms with van der Waals surface area (Å²) < 4.78 is 5.86. The number of benzene rings is 1. The first-order valence-corrected chi connectivity index (χ1v) is 8.21. The molecule has 0 fully saturated rings. The van der Waals surface area contributed by atoms with Crippen molar-refractivity contribution in [1.29, 1.82) is 0 Å². The maximum atomic E-state index is 12.5. The SMILES string of the molecule is O=C1NCc2ccccc2OCC/C=C/c2cncc3ccc1nc23. The third-order valence-electron chi connectivity index (χ3n) is 4.11. The van der Waals surface area contributed by atoms with Crippen LogP contribution in [0.15, 0.2) is 54.9 Å². The molecule has 5 heteroatoms. The molecule has 0 aliphatic carbocycles. The molecular weight excluding hydrogens is 314 g/mol. The lowest BCUT2D eigenvalue weighted by atomic mass is 10.1. The number of hydrogen-bond donors (Lipinski definition) is 1. The van der Waals surface area contributed by atoms with Gasteiger partial charge in [-0.25, -0.2) is 4.98 Å². The first-order valence-electron chi connectivity index (χ1n) is 8.21. The molecule has 0 radical (unpaired) electrons. The fraction of sp³-hybridized carbons (Fsp3) is 0.150. The molecular formula is C20H17N3O2. The van der Waals surface area contributed by atoms with Gasteiger partial charge in [-0.3, -0.25) is 9.78 Å². The van der Waals surface area contributed by atoms with Gasteiger partial charge in [0.2, 0.25) is 0 Å². The molecule has 124 valence electrons. The van der Waals surface area contributed by atoms with Crippen molar-refractivity contribution in [3.05, 3.63) is 71.7 Å². The minimum Gasteiger partial charge on any atom is -0.493 e. The fourth-order valence-electron chi connectivity index (χ4n) is 2.82. The predicted octanol–water partition coefficient (Wildman–Crippen LogP) is 3.36. The van der Waals surface area contributed by atoms with E-state index >= 15 is 0 Å². The number of nitrogens with one attached hydrogen (secondary N) is 1. The summed E-state index contributed by atoms with van der Waals surface area (Å²) in [4.78, 5) is 21.3. The van der Waals surface area contributed by atoms with Crippen LogP contribution in [0.4, 0.5) is 0 Å². The summed E-state index contributed by atoms with van der Waals surface area (Å²) >= 11 is 0. The summed E-state index contributed by atoms with van der Waals surface area (Å²) in [7, 11) is 0. The molecule has 1 amide bonds. The van der Waals surface area contributed by atoms with E-state index in [2.05, 4.69) is 15.3 Å². The van der Waals surface area contributed by atoms with Crippen molar-refractivity contribution in [2.45, 2.75) is 13.0 Å². The highest BCUT2D eigenvalue weighted by Crippen LogP contribution is 2.20. The van der Waals surface area contributed by atoms with Crippen LogP contribution in [0.2, 0.25) is 0 Å². The second-order valence-electron chi connectivity index (χ2n) is 5.83. The van der Waals surface area contributed by atoms with Gasteiger partial charge in [-0.15, -0.1) is 0 Å². The number of nitrogens with zero attached hydrogens (tertiary/aromatic N) is 2. The molecule has 1 aliphatic heterocycles. The van der Waals surface area contributed by atoms with Crippen molar-refractivity contribution in [1.82, 2.24) is 15.3 Å². The van der Waals surface area contributed by atoms with Crippen LogP contribution in [0.1, 0.15) is 28.0 Å². The molecule has 0 atom stereocenters. The third-order valence-corrected chi connectivity index (χ3v) is 4.11. The Labute approximate surface area is 145 Å². The molecule has 3 aromatic rings. The van der Waals surface area contributed by atoms with Gasteiger partial charge in [-0.05, 0) is 24.6 Å². The van der Waals surface area contributed by atoms with Crippen molar-refractivity contribution >= 4 is 22.9 Å². The van der Waals surface area contributed by atoms with Gasteiger partial charge < -0.3 is 10.1 Å². The largest absolute Gasteiger partial charge is 0.493 e. The Balaban J connectivity index is 1.75. The van der Waals surface area contributed by atoms with E-state index in [1.165, 1.54) is 0 Å². The van der Waals surface area contributed by atoms with E-state index < -0.39 is 0 Å². The Hall–Kier alpha value is -3.21. The average molecular weight is 331 g/mol. The maximum absolute atomic E-state index is 12.5. The number of para-hydroxylation sites is 1. The molecule has 1 aliphatic rings. The highest BCUT2D eigenvalue weighted by atomic mass is 16.5. The standard InChI is InChI=1S/C20H17N3O2/c24-20-17-9-8-16-12-21-11-15(19(16)23-17)6-3-4-10-25-18-7-2-1-5-14(18)13-22-20/h1-3,5-9,11-12H,4,10,13H2,(H,22,24)/b6-3+. The lowest BCUT2D eigenvalue weighted by Crippen LogP contribution is -2.24. The normalized spacial score (nSPS) is 15.8. The van der Waals surface area contributed by atoms with Gasteiger partial charge in [-0.1, -0.05) is 30.4 Å². The van der Waals surface area contributed by atoms with Crippen molar-refractivity contribution in [3.8, 4) is 5.75 Å². The number of carbonyl (C=O) groups is 1. The molecule has 4 rings (SSSR count). The van der Waals surface area contributed by atoms with E-state index in [0.717, 1.165) is 34.2 Å². The van der Waals surface area contributed by atoms with Crippen molar-refractivity contribution in [2.24, 2.45) is 0 Å². The summed E-state index contributed by atoms with van der Waals surface area (Å²) in [5.41, 5.74) is 3.01. The zero-order chi connectivity index (χ0) is 17.1. The summed E-state index contributed by atoms with van der Waals surface area (Å²) in [6.45, 7) is 0.964. The maximum Gasteiger partial charge on any atom is 0.270 e. The predicted molar refractivity (Wildman–Crippen MR) is 96.3 cm³/mol. The zero-order valence-corrected chi connectivity index (χ0v) is 13.6. The first-order chi connectivity index (χ1) is 12.3. The third kappa shape index (κ3) is 3.21. The molecule has 1 N–H and O–H groups in total. The first kappa shape index (κ1) is 15.3. The van der Waals surface area contributed by atoms with Crippen LogP contribution in [-0.4, -0.2) is 22.5 Å². The topological polar surface area (TPSA) is 64.1 Å². The van der Waals surface area contributed by atoms with Gasteiger partial charge in [-0.2, -0.15) is 0 Å². The van der Waals surface area contributed by atoms with E-state index in [0.29, 0.717) is 18.8 Å². The summed E-state index contributed by atoms with van der Waals surface area (Å²) in [5, 5.41) is 3.83. The van der Waals surface area contributed by atoms with Gasteiger partial charge in [0.25, 0.3) is 5.91 Å². The van der Waals surface area contributed by atoms with Gasteiger partial charge in [0.1, 0.15) is 11.4 Å². The van der Waals surface area contributed by atoms with Crippen molar-refractivity contribution in [3.63, 3.8) is 0 Å². The molecule has 25 heavy (non-hydrogen) atoms. The minimum absolute atomic E-state index is 0.208.